The maximum absolute atomic E-state index is 10.1. The maximum Gasteiger partial charge on any atom is 0.266 e. The fourth-order valence-electron chi connectivity index (χ4n) is 14.1. The maximum atomic E-state index is 10.1. The Balaban J connectivity index is 1.07. The van der Waals surface area contributed by atoms with Crippen LogP contribution in [0.4, 0.5) is 33.4 Å². The molecule has 2 aliphatic heterocycles. The molecule has 0 fully saturated rings. The molecule has 75 heavy (non-hydrogen) atoms. The van der Waals surface area contributed by atoms with Crippen molar-refractivity contribution in [1.29, 1.82) is 0 Å². The third-order valence-corrected chi connectivity index (χ3v) is 20.7. The lowest BCUT2D eigenvalue weighted by molar-refractivity contribution is 0.392. The van der Waals surface area contributed by atoms with Gasteiger partial charge in [-0.1, -0.05) is 112 Å². The number of rotatable bonds is 3. The van der Waals surface area contributed by atoms with Crippen molar-refractivity contribution in [3.05, 3.63) is 153 Å². The predicted molar refractivity (Wildman–Crippen MR) is 327 cm³/mol. The second-order valence-corrected chi connectivity index (χ2v) is 28.5. The molecule has 6 aromatic carbocycles. The van der Waals surface area contributed by atoms with E-state index in [-0.39, 0.29) is 28.4 Å². The fraction of sp³-hybridized carbons (Fsp3) is 0.353. The lowest BCUT2D eigenvalue weighted by atomic mass is 9.36. The quantitative estimate of drug-likeness (QED) is 0.163. The largest absolute Gasteiger partial charge is 0.310 e. The normalized spacial score (nSPS) is 25.8. The van der Waals surface area contributed by atoms with Crippen LogP contribution in [0.1, 0.15) is 146 Å². The zero-order valence-corrected chi connectivity index (χ0v) is 45.9. The van der Waals surface area contributed by atoms with Crippen molar-refractivity contribution in [3.8, 4) is 5.69 Å². The zero-order valence-electron chi connectivity index (χ0n) is 58.5. The van der Waals surface area contributed by atoms with Gasteiger partial charge in [-0.25, -0.2) is 0 Å². The molecule has 10 aromatic rings. The van der Waals surface area contributed by atoms with Gasteiger partial charge in [0.1, 0.15) is 0 Å². The summed E-state index contributed by atoms with van der Waals surface area (Å²) in [6.45, 7) is 6.96. The average Bonchev–Trinajstić information content (AvgIpc) is 1.45. The van der Waals surface area contributed by atoms with Crippen LogP contribution in [0.3, 0.4) is 0 Å². The fourth-order valence-corrected chi connectivity index (χ4v) is 18.1. The standard InChI is InChI=1S/C68H66BN3S3/c1-64(2,3)43-18-21-51-48(26-43)61-59(47-14-12-13-15-54(47)73-61)71(51)46-27-52-58-53(28-46)72(45-20-17-38-30-66(6,7)32-40(38)23-45)63-57(50-35-68(10,11)36-56(50)75-63)69(58)62-60(49-24-41-33-67(8,9)34-42(41)25-55(49)74-62)70(52)44-19-16-37-29-65(4,5)31-39(37)22-44/h12-28H,29-36H2,1-11H3/i6D3,7D3,10D3,29D2,30D2,36D2. The van der Waals surface area contributed by atoms with Gasteiger partial charge in [-0.15, -0.1) is 34.0 Å². The van der Waals surface area contributed by atoms with Crippen molar-refractivity contribution < 1.29 is 20.6 Å². The molecule has 6 aliphatic rings. The molecule has 0 spiro atoms. The summed E-state index contributed by atoms with van der Waals surface area (Å²) in [7, 11) is 0. The lowest BCUT2D eigenvalue weighted by Crippen LogP contribution is -2.60. The number of nitrogens with zero attached hydrogens (tertiary/aromatic N) is 3. The van der Waals surface area contributed by atoms with Gasteiger partial charge in [0, 0.05) is 78.5 Å². The molecule has 7 heteroatoms. The molecule has 16 rings (SSSR count). The van der Waals surface area contributed by atoms with E-state index in [2.05, 4.69) is 122 Å². The third kappa shape index (κ3) is 6.56. The lowest BCUT2D eigenvalue weighted by Gasteiger charge is -2.43. The highest BCUT2D eigenvalue weighted by Gasteiger charge is 2.50. The van der Waals surface area contributed by atoms with Crippen molar-refractivity contribution in [2.75, 3.05) is 9.80 Å². The van der Waals surface area contributed by atoms with E-state index in [0.717, 1.165) is 98.1 Å². The Hall–Kier alpha value is -5.60. The van der Waals surface area contributed by atoms with Crippen molar-refractivity contribution in [2.24, 2.45) is 21.7 Å². The Bertz CT molecular complexity index is 4860. The SMILES string of the molecule is [2H]C([2H])([2H])C1(C)Cc2c(sc3c2B2c4sc5cc6c(cc5c4N(c4ccc5c(c4)CC(C)(C)C5([2H])[2H])c4cc(-n5c7ccc(C(C)(C)C)cc7c7sc8ccccc8c75)cc(c42)N3c2ccc3c(c2)CC(C([2H])([2H])[2H])(C([2H])([2H])[2H])C3([2H])[2H])CC(C)(C)C6)C1([2H])[2H]. The van der Waals surface area contributed by atoms with E-state index >= 15 is 0 Å². The summed E-state index contributed by atoms with van der Waals surface area (Å²) in [5.74, 6) is 0. The first-order valence-electron chi connectivity index (χ1n) is 34.0. The number of thiophene rings is 3. The number of aromatic nitrogens is 1. The van der Waals surface area contributed by atoms with Crippen molar-refractivity contribution in [2.45, 2.75) is 133 Å². The number of hydrogen-bond donors (Lipinski definition) is 0. The highest BCUT2D eigenvalue weighted by molar-refractivity contribution is 7.34. The molecule has 3 nitrogen and oxygen atoms in total. The van der Waals surface area contributed by atoms with E-state index in [9.17, 15) is 8.22 Å². The summed E-state index contributed by atoms with van der Waals surface area (Å²) in [5.41, 5.74) is 8.83. The molecule has 374 valence electrons. The summed E-state index contributed by atoms with van der Waals surface area (Å²) in [5, 5.41) is 3.84. The van der Waals surface area contributed by atoms with E-state index in [0.29, 0.717) is 38.8 Å². The molecule has 1 atom stereocenters. The van der Waals surface area contributed by atoms with Gasteiger partial charge >= 0.3 is 0 Å². The molecular formula is C68H66BN3S3. The van der Waals surface area contributed by atoms with Gasteiger partial charge in [0.25, 0.3) is 6.71 Å². The van der Waals surface area contributed by atoms with E-state index in [1.165, 1.54) is 41.0 Å². The van der Waals surface area contributed by atoms with Crippen LogP contribution >= 0.6 is 34.0 Å². The summed E-state index contributed by atoms with van der Waals surface area (Å²) in [4.78, 5) is 4.76. The van der Waals surface area contributed by atoms with Crippen LogP contribution in [0, 0.1) is 21.7 Å². The third-order valence-electron chi connectivity index (χ3n) is 17.2. The molecule has 4 aliphatic carbocycles. The summed E-state index contributed by atoms with van der Waals surface area (Å²) >= 11 is 4.68. The molecule has 0 amide bonds. The van der Waals surface area contributed by atoms with Crippen LogP contribution in [0.5, 0.6) is 0 Å². The van der Waals surface area contributed by atoms with E-state index in [4.69, 9.17) is 12.3 Å². The smallest absolute Gasteiger partial charge is 0.266 e. The van der Waals surface area contributed by atoms with Crippen LogP contribution in [-0.4, -0.2) is 11.3 Å². The highest BCUT2D eigenvalue weighted by atomic mass is 32.1. The topological polar surface area (TPSA) is 11.4 Å². The first-order chi connectivity index (χ1) is 41.7. The molecule has 4 aromatic heterocycles. The Labute approximate surface area is 476 Å². The highest BCUT2D eigenvalue weighted by Crippen LogP contribution is 2.56. The second kappa shape index (κ2) is 14.7. The molecule has 0 N–H and O–H groups in total. The molecule has 6 heterocycles. The summed E-state index contributed by atoms with van der Waals surface area (Å²) < 4.78 is 145. The summed E-state index contributed by atoms with van der Waals surface area (Å²) in [6.07, 6.45) is -5.22. The predicted octanol–water partition coefficient (Wildman–Crippen LogP) is 17.2. The molecular weight excluding hydrogens is 966 g/mol. The van der Waals surface area contributed by atoms with Crippen LogP contribution in [0.15, 0.2) is 103 Å². The summed E-state index contributed by atoms with van der Waals surface area (Å²) in [6, 6.07) is 35.6. The number of benzene rings is 6. The van der Waals surface area contributed by atoms with E-state index in [1.54, 1.807) is 34.8 Å². The van der Waals surface area contributed by atoms with E-state index in [1.807, 2.05) is 26.0 Å². The van der Waals surface area contributed by atoms with E-state index < -0.39 is 69.1 Å². The Morgan fingerprint density at radius 3 is 1.96 bits per heavy atom. The van der Waals surface area contributed by atoms with Gasteiger partial charge in [-0.3, -0.25) is 0 Å². The molecule has 0 bridgehead atoms. The van der Waals surface area contributed by atoms with Crippen molar-refractivity contribution in [3.63, 3.8) is 0 Å². The van der Waals surface area contributed by atoms with Crippen molar-refractivity contribution >= 4 is 131 Å². The number of anilines is 6. The Morgan fingerprint density at radius 1 is 0.547 bits per heavy atom. The zero-order chi connectivity index (χ0) is 64.1. The molecule has 1 unspecified atom stereocenters. The van der Waals surface area contributed by atoms with Crippen LogP contribution in [-0.2, 0) is 56.6 Å². The van der Waals surface area contributed by atoms with Gasteiger partial charge in [-0.05, 0) is 200 Å². The van der Waals surface area contributed by atoms with Crippen LogP contribution in [0.2, 0.25) is 0 Å². The minimum absolute atomic E-state index is 0.0245. The van der Waals surface area contributed by atoms with Crippen molar-refractivity contribution in [1.82, 2.24) is 4.57 Å². The monoisotopic (exact) mass is 1050 g/mol. The minimum Gasteiger partial charge on any atom is -0.310 e. The molecule has 0 saturated heterocycles. The number of hydrogen-bond acceptors (Lipinski definition) is 5. The van der Waals surface area contributed by atoms with Gasteiger partial charge < -0.3 is 14.4 Å². The number of fused-ring (bicyclic) bond motifs is 16. The minimum atomic E-state index is -3.25. The first kappa shape index (κ1) is 32.9. The van der Waals surface area contributed by atoms with Gasteiger partial charge in [0.05, 0.1) is 32.1 Å². The van der Waals surface area contributed by atoms with Crippen LogP contribution < -0.4 is 25.5 Å². The Kier molecular flexibility index (Phi) is 6.44. The van der Waals surface area contributed by atoms with Gasteiger partial charge in [-0.2, -0.15) is 0 Å². The van der Waals surface area contributed by atoms with Gasteiger partial charge in [0.2, 0.25) is 0 Å². The van der Waals surface area contributed by atoms with Gasteiger partial charge in [0.15, 0.2) is 0 Å². The molecule has 0 radical (unpaired) electrons. The Morgan fingerprint density at radius 2 is 1.21 bits per heavy atom. The second-order valence-electron chi connectivity index (χ2n) is 25.4. The average molecular weight is 1050 g/mol. The molecule has 0 saturated carbocycles. The van der Waals surface area contributed by atoms with Crippen LogP contribution in [0.25, 0.3) is 47.0 Å². The first-order valence-corrected chi connectivity index (χ1v) is 28.9.